The highest BCUT2D eigenvalue weighted by Gasteiger charge is 2.23. The number of carbonyl (C=O) groups is 1. The Kier molecular flexibility index (Phi) is 5.31. The first-order chi connectivity index (χ1) is 10.7. The standard InChI is InChI=1S/C16H26N4OS/c1-13-12-22-16(18-13)20-10-8-19(9-11-20)15(21)3-2-14-4-6-17-7-5-14/h12,14,17H,2-11H2,1H3. The zero-order valence-corrected chi connectivity index (χ0v) is 14.2. The van der Waals surface area contributed by atoms with E-state index in [1.807, 2.05) is 11.8 Å². The van der Waals surface area contributed by atoms with Crippen LogP contribution >= 0.6 is 11.3 Å². The van der Waals surface area contributed by atoms with Crippen molar-refractivity contribution in [3.8, 4) is 0 Å². The van der Waals surface area contributed by atoms with Gasteiger partial charge in [0.1, 0.15) is 0 Å². The van der Waals surface area contributed by atoms with Gasteiger partial charge in [0.05, 0.1) is 5.69 Å². The number of rotatable bonds is 4. The number of nitrogens with zero attached hydrogens (tertiary/aromatic N) is 3. The first-order valence-corrected chi connectivity index (χ1v) is 9.26. The van der Waals surface area contributed by atoms with E-state index in [-0.39, 0.29) is 0 Å². The Morgan fingerprint density at radius 1 is 1.32 bits per heavy atom. The van der Waals surface area contributed by atoms with Gasteiger partial charge in [0.25, 0.3) is 0 Å². The molecule has 0 unspecified atom stereocenters. The molecule has 1 aromatic rings. The molecule has 0 aliphatic carbocycles. The molecule has 0 saturated carbocycles. The number of piperidine rings is 1. The van der Waals surface area contributed by atoms with Crippen molar-refractivity contribution in [1.82, 2.24) is 15.2 Å². The first kappa shape index (κ1) is 15.7. The van der Waals surface area contributed by atoms with Crippen LogP contribution in [0.4, 0.5) is 5.13 Å². The number of anilines is 1. The van der Waals surface area contributed by atoms with Crippen LogP contribution in [-0.4, -0.2) is 55.1 Å². The summed E-state index contributed by atoms with van der Waals surface area (Å²) in [6, 6.07) is 0. The van der Waals surface area contributed by atoms with E-state index in [9.17, 15) is 4.79 Å². The topological polar surface area (TPSA) is 48.5 Å². The Morgan fingerprint density at radius 3 is 2.68 bits per heavy atom. The van der Waals surface area contributed by atoms with Gasteiger partial charge in [-0.15, -0.1) is 11.3 Å². The molecule has 22 heavy (non-hydrogen) atoms. The molecule has 3 rings (SSSR count). The smallest absolute Gasteiger partial charge is 0.222 e. The molecule has 0 bridgehead atoms. The SMILES string of the molecule is Cc1csc(N2CCN(C(=O)CCC3CCNCC3)CC2)n1. The van der Waals surface area contributed by atoms with E-state index in [2.05, 4.69) is 20.6 Å². The van der Waals surface area contributed by atoms with Crippen molar-refractivity contribution in [3.05, 3.63) is 11.1 Å². The van der Waals surface area contributed by atoms with Crippen LogP contribution in [0.15, 0.2) is 5.38 Å². The quantitative estimate of drug-likeness (QED) is 0.919. The largest absolute Gasteiger partial charge is 0.345 e. The molecule has 1 N–H and O–H groups in total. The monoisotopic (exact) mass is 322 g/mol. The van der Waals surface area contributed by atoms with E-state index in [0.29, 0.717) is 5.91 Å². The lowest BCUT2D eigenvalue weighted by molar-refractivity contribution is -0.131. The number of aryl methyl sites for hydroxylation is 1. The van der Waals surface area contributed by atoms with E-state index >= 15 is 0 Å². The minimum Gasteiger partial charge on any atom is -0.345 e. The maximum atomic E-state index is 12.4. The van der Waals surface area contributed by atoms with Crippen LogP contribution in [-0.2, 0) is 4.79 Å². The van der Waals surface area contributed by atoms with Crippen molar-refractivity contribution < 1.29 is 4.79 Å². The van der Waals surface area contributed by atoms with Gasteiger partial charge in [0.15, 0.2) is 5.13 Å². The zero-order chi connectivity index (χ0) is 15.4. The van der Waals surface area contributed by atoms with Gasteiger partial charge in [-0.05, 0) is 45.2 Å². The van der Waals surface area contributed by atoms with Crippen molar-refractivity contribution in [1.29, 1.82) is 0 Å². The van der Waals surface area contributed by atoms with Gasteiger partial charge in [0.2, 0.25) is 5.91 Å². The summed E-state index contributed by atoms with van der Waals surface area (Å²) in [4.78, 5) is 21.2. The molecule has 0 aromatic carbocycles. The summed E-state index contributed by atoms with van der Waals surface area (Å²) in [6.45, 7) is 7.75. The summed E-state index contributed by atoms with van der Waals surface area (Å²) in [7, 11) is 0. The molecule has 0 atom stereocenters. The number of piperazine rings is 1. The fraction of sp³-hybridized carbons (Fsp3) is 0.750. The average Bonchev–Trinajstić information content (AvgIpc) is 3.00. The molecular weight excluding hydrogens is 296 g/mol. The van der Waals surface area contributed by atoms with Gasteiger partial charge >= 0.3 is 0 Å². The van der Waals surface area contributed by atoms with Gasteiger partial charge in [-0.1, -0.05) is 0 Å². The van der Waals surface area contributed by atoms with Gasteiger partial charge in [-0.2, -0.15) is 0 Å². The van der Waals surface area contributed by atoms with Crippen LogP contribution in [0.25, 0.3) is 0 Å². The summed E-state index contributed by atoms with van der Waals surface area (Å²) < 4.78 is 0. The first-order valence-electron chi connectivity index (χ1n) is 8.38. The molecule has 2 aliphatic heterocycles. The van der Waals surface area contributed by atoms with Crippen LogP contribution in [0.1, 0.15) is 31.4 Å². The third-order valence-corrected chi connectivity index (χ3v) is 5.75. The molecule has 2 saturated heterocycles. The molecule has 6 heteroatoms. The van der Waals surface area contributed by atoms with Crippen molar-refractivity contribution >= 4 is 22.4 Å². The van der Waals surface area contributed by atoms with Crippen molar-refractivity contribution in [2.75, 3.05) is 44.2 Å². The molecule has 3 heterocycles. The summed E-state index contributed by atoms with van der Waals surface area (Å²) in [6.07, 6.45) is 4.24. The summed E-state index contributed by atoms with van der Waals surface area (Å²) in [5, 5.41) is 6.57. The Labute approximate surface area is 136 Å². The fourth-order valence-electron chi connectivity index (χ4n) is 3.29. The predicted molar refractivity (Wildman–Crippen MR) is 90.5 cm³/mol. The Bertz CT molecular complexity index is 490. The van der Waals surface area contributed by atoms with Gasteiger partial charge < -0.3 is 15.1 Å². The maximum absolute atomic E-state index is 12.4. The maximum Gasteiger partial charge on any atom is 0.222 e. The van der Waals surface area contributed by atoms with Crippen molar-refractivity contribution in [2.45, 2.75) is 32.6 Å². The molecule has 1 aromatic heterocycles. The zero-order valence-electron chi connectivity index (χ0n) is 13.4. The van der Waals surface area contributed by atoms with Crippen LogP contribution in [0.5, 0.6) is 0 Å². The van der Waals surface area contributed by atoms with E-state index in [1.54, 1.807) is 11.3 Å². The molecule has 1 amide bonds. The van der Waals surface area contributed by atoms with Gasteiger partial charge in [0, 0.05) is 38.0 Å². The van der Waals surface area contributed by atoms with E-state index in [4.69, 9.17) is 0 Å². The molecule has 2 fully saturated rings. The number of hydrogen-bond acceptors (Lipinski definition) is 5. The third kappa shape index (κ3) is 3.98. The normalized spacial score (nSPS) is 20.4. The summed E-state index contributed by atoms with van der Waals surface area (Å²) >= 11 is 1.70. The molecule has 0 radical (unpaired) electrons. The molecule has 0 spiro atoms. The highest BCUT2D eigenvalue weighted by molar-refractivity contribution is 7.13. The number of aromatic nitrogens is 1. The van der Waals surface area contributed by atoms with Crippen LogP contribution in [0.2, 0.25) is 0 Å². The van der Waals surface area contributed by atoms with E-state index in [0.717, 1.165) is 68.9 Å². The molecule has 2 aliphatic rings. The Hall–Kier alpha value is -1.14. The number of nitrogens with one attached hydrogen (secondary N) is 1. The summed E-state index contributed by atoms with van der Waals surface area (Å²) in [5.41, 5.74) is 1.08. The summed E-state index contributed by atoms with van der Waals surface area (Å²) in [5.74, 6) is 1.08. The lowest BCUT2D eigenvalue weighted by atomic mass is 9.93. The second kappa shape index (κ2) is 7.42. The minimum absolute atomic E-state index is 0.341. The van der Waals surface area contributed by atoms with Crippen LogP contribution < -0.4 is 10.2 Å². The number of carbonyl (C=O) groups excluding carboxylic acids is 1. The number of amides is 1. The predicted octanol–water partition coefficient (Wildman–Crippen LogP) is 1.88. The second-order valence-electron chi connectivity index (χ2n) is 6.37. The lowest BCUT2D eigenvalue weighted by Crippen LogP contribution is -2.48. The molecular formula is C16H26N4OS. The van der Waals surface area contributed by atoms with Crippen LogP contribution in [0, 0.1) is 12.8 Å². The van der Waals surface area contributed by atoms with E-state index < -0.39 is 0 Å². The Balaban J connectivity index is 1.41. The van der Waals surface area contributed by atoms with Crippen LogP contribution in [0.3, 0.4) is 0 Å². The fourth-order valence-corrected chi connectivity index (χ4v) is 4.15. The van der Waals surface area contributed by atoms with Gasteiger partial charge in [-0.3, -0.25) is 4.79 Å². The highest BCUT2D eigenvalue weighted by atomic mass is 32.1. The minimum atomic E-state index is 0.341. The van der Waals surface area contributed by atoms with Crippen molar-refractivity contribution in [3.63, 3.8) is 0 Å². The molecule has 5 nitrogen and oxygen atoms in total. The van der Waals surface area contributed by atoms with Gasteiger partial charge in [-0.25, -0.2) is 4.98 Å². The third-order valence-electron chi connectivity index (χ3n) is 4.73. The number of thiazole rings is 1. The van der Waals surface area contributed by atoms with E-state index in [1.165, 1.54) is 12.8 Å². The second-order valence-corrected chi connectivity index (χ2v) is 7.21. The highest BCUT2D eigenvalue weighted by Crippen LogP contribution is 2.22. The average molecular weight is 322 g/mol. The lowest BCUT2D eigenvalue weighted by Gasteiger charge is -2.35. The molecule has 122 valence electrons. The number of hydrogen-bond donors (Lipinski definition) is 1. The Morgan fingerprint density at radius 2 is 2.05 bits per heavy atom. The van der Waals surface area contributed by atoms with Crippen molar-refractivity contribution in [2.24, 2.45) is 5.92 Å².